The van der Waals surface area contributed by atoms with Crippen LogP contribution in [0.2, 0.25) is 0 Å². The molecule has 1 saturated heterocycles. The maximum absolute atomic E-state index is 5.73. The predicted octanol–water partition coefficient (Wildman–Crippen LogP) is 3.02. The number of rotatable bonds is 1. The molecule has 14 heavy (non-hydrogen) atoms. The molecule has 1 aliphatic heterocycles. The molecule has 0 aliphatic carbocycles. The largest absolute Gasteiger partial charge is 0.465 e. The lowest BCUT2D eigenvalue weighted by atomic mass is 10.1. The molecule has 0 amide bonds. The second-order valence-electron chi connectivity index (χ2n) is 3.88. The lowest BCUT2D eigenvalue weighted by Crippen LogP contribution is -2.19. The van der Waals surface area contributed by atoms with Gasteiger partial charge in [-0.3, -0.25) is 0 Å². The average molecular weight is 190 g/mol. The highest BCUT2D eigenvalue weighted by atomic mass is 16.7. The summed E-state index contributed by atoms with van der Waals surface area (Å²) in [6.45, 7) is 7.64. The monoisotopic (exact) mass is 190 g/mol. The van der Waals surface area contributed by atoms with E-state index in [9.17, 15) is 0 Å². The zero-order valence-corrected chi connectivity index (χ0v) is 8.49. The summed E-state index contributed by atoms with van der Waals surface area (Å²) in [4.78, 5) is 0. The van der Waals surface area contributed by atoms with Gasteiger partial charge in [0.25, 0.3) is 0 Å². The van der Waals surface area contributed by atoms with Gasteiger partial charge in [-0.05, 0) is 5.56 Å². The molecule has 0 saturated carbocycles. The third-order valence-corrected chi connectivity index (χ3v) is 2.17. The fourth-order valence-electron chi connectivity index (χ4n) is 1.62. The molecule has 0 spiro atoms. The molecule has 1 atom stereocenters. The van der Waals surface area contributed by atoms with Gasteiger partial charge in [-0.2, -0.15) is 0 Å². The lowest BCUT2D eigenvalue weighted by molar-refractivity contribution is -0.133. The Morgan fingerprint density at radius 2 is 1.86 bits per heavy atom. The normalized spacial score (nSPS) is 24.7. The fraction of sp³-hybridized carbons (Fsp3) is 0.333. The van der Waals surface area contributed by atoms with Crippen molar-refractivity contribution in [2.24, 2.45) is 0 Å². The van der Waals surface area contributed by atoms with Crippen LogP contribution in [0.15, 0.2) is 42.7 Å². The third-order valence-electron chi connectivity index (χ3n) is 2.17. The first-order valence-electron chi connectivity index (χ1n) is 4.69. The quantitative estimate of drug-likeness (QED) is 0.677. The zero-order valence-electron chi connectivity index (χ0n) is 8.49. The molecule has 1 heterocycles. The van der Waals surface area contributed by atoms with Crippen LogP contribution in [0.5, 0.6) is 0 Å². The van der Waals surface area contributed by atoms with Crippen LogP contribution < -0.4 is 0 Å². The lowest BCUT2D eigenvalue weighted by Gasteiger charge is -2.16. The minimum absolute atomic E-state index is 0.133. The molecule has 1 aromatic carbocycles. The van der Waals surface area contributed by atoms with Crippen LogP contribution in [0.1, 0.15) is 25.5 Å². The van der Waals surface area contributed by atoms with E-state index in [1.165, 1.54) is 0 Å². The first kappa shape index (κ1) is 9.28. The summed E-state index contributed by atoms with van der Waals surface area (Å²) in [5.74, 6) is 0.124. The molecule has 0 aromatic heterocycles. The van der Waals surface area contributed by atoms with Gasteiger partial charge in [-0.15, -0.1) is 0 Å². The van der Waals surface area contributed by atoms with Crippen LogP contribution in [-0.2, 0) is 9.47 Å². The van der Waals surface area contributed by atoms with Gasteiger partial charge in [0.1, 0.15) is 11.9 Å². The maximum Gasteiger partial charge on any atom is 0.205 e. The summed E-state index contributed by atoms with van der Waals surface area (Å²) in [5, 5.41) is 0. The first-order chi connectivity index (χ1) is 6.58. The zero-order chi connectivity index (χ0) is 10.2. The minimum atomic E-state index is -0.558. The summed E-state index contributed by atoms with van der Waals surface area (Å²) in [7, 11) is 0. The Labute approximate surface area is 84.2 Å². The van der Waals surface area contributed by atoms with Crippen molar-refractivity contribution >= 4 is 0 Å². The molecule has 0 N–H and O–H groups in total. The van der Waals surface area contributed by atoms with Crippen molar-refractivity contribution in [1.29, 1.82) is 0 Å². The van der Waals surface area contributed by atoms with Crippen LogP contribution in [0.3, 0.4) is 0 Å². The van der Waals surface area contributed by atoms with Crippen molar-refractivity contribution in [3.63, 3.8) is 0 Å². The van der Waals surface area contributed by atoms with Crippen LogP contribution in [0.25, 0.3) is 0 Å². The highest BCUT2D eigenvalue weighted by molar-refractivity contribution is 5.24. The minimum Gasteiger partial charge on any atom is -0.465 e. The molecule has 1 aliphatic rings. The van der Waals surface area contributed by atoms with E-state index in [4.69, 9.17) is 9.47 Å². The van der Waals surface area contributed by atoms with Crippen molar-refractivity contribution in [3.05, 3.63) is 48.2 Å². The highest BCUT2D eigenvalue weighted by Crippen LogP contribution is 2.39. The molecule has 0 unspecified atom stereocenters. The topological polar surface area (TPSA) is 18.5 Å². The van der Waals surface area contributed by atoms with Crippen molar-refractivity contribution in [2.45, 2.75) is 25.7 Å². The molecule has 1 aromatic rings. The van der Waals surface area contributed by atoms with Gasteiger partial charge in [0.2, 0.25) is 5.79 Å². The van der Waals surface area contributed by atoms with Crippen LogP contribution in [0, 0.1) is 0 Å². The van der Waals surface area contributed by atoms with Crippen molar-refractivity contribution < 1.29 is 9.47 Å². The van der Waals surface area contributed by atoms with E-state index in [2.05, 4.69) is 6.58 Å². The van der Waals surface area contributed by atoms with Gasteiger partial charge in [0, 0.05) is 13.8 Å². The number of hydrogen-bond donors (Lipinski definition) is 0. The summed E-state index contributed by atoms with van der Waals surface area (Å²) < 4.78 is 11.2. The van der Waals surface area contributed by atoms with Crippen molar-refractivity contribution in [1.82, 2.24) is 0 Å². The van der Waals surface area contributed by atoms with E-state index >= 15 is 0 Å². The fourth-order valence-corrected chi connectivity index (χ4v) is 1.62. The van der Waals surface area contributed by atoms with Crippen molar-refractivity contribution in [3.8, 4) is 0 Å². The third kappa shape index (κ3) is 1.66. The standard InChI is InChI=1S/C12H14O2/c1-9-11(14-12(2,3)13-9)10-7-5-4-6-8-10/h4-8,11H,1H2,2-3H3/t11-/m1/s1. The Morgan fingerprint density at radius 1 is 1.21 bits per heavy atom. The van der Waals surface area contributed by atoms with E-state index in [0.29, 0.717) is 5.76 Å². The molecular formula is C12H14O2. The van der Waals surface area contributed by atoms with Crippen LogP contribution in [-0.4, -0.2) is 5.79 Å². The summed E-state index contributed by atoms with van der Waals surface area (Å²) in [6, 6.07) is 9.98. The molecule has 2 heteroatoms. The molecule has 2 rings (SSSR count). The molecule has 74 valence electrons. The molecule has 0 radical (unpaired) electrons. The maximum atomic E-state index is 5.73. The molecule has 2 nitrogen and oxygen atoms in total. The van der Waals surface area contributed by atoms with Crippen LogP contribution >= 0.6 is 0 Å². The number of benzene rings is 1. The Kier molecular flexibility index (Phi) is 2.08. The smallest absolute Gasteiger partial charge is 0.205 e. The number of hydrogen-bond acceptors (Lipinski definition) is 2. The molecular weight excluding hydrogens is 176 g/mol. The Hall–Kier alpha value is -1.28. The van der Waals surface area contributed by atoms with Gasteiger partial charge in [0.15, 0.2) is 0 Å². The van der Waals surface area contributed by atoms with Crippen LogP contribution in [0.4, 0.5) is 0 Å². The highest BCUT2D eigenvalue weighted by Gasteiger charge is 2.37. The second kappa shape index (κ2) is 3.14. The van der Waals surface area contributed by atoms with E-state index < -0.39 is 5.79 Å². The van der Waals surface area contributed by atoms with Gasteiger partial charge >= 0.3 is 0 Å². The average Bonchev–Trinajstić information content (AvgIpc) is 2.41. The summed E-state index contributed by atoms with van der Waals surface area (Å²) in [5.41, 5.74) is 1.09. The van der Waals surface area contributed by atoms with E-state index in [1.54, 1.807) is 0 Å². The Bertz CT molecular complexity index is 341. The Morgan fingerprint density at radius 3 is 2.36 bits per heavy atom. The predicted molar refractivity (Wildman–Crippen MR) is 54.6 cm³/mol. The van der Waals surface area contributed by atoms with Gasteiger partial charge < -0.3 is 9.47 Å². The molecule has 0 bridgehead atoms. The van der Waals surface area contributed by atoms with Crippen molar-refractivity contribution in [2.75, 3.05) is 0 Å². The number of ether oxygens (including phenoxy) is 2. The Balaban J connectivity index is 2.26. The van der Waals surface area contributed by atoms with Gasteiger partial charge in [0.05, 0.1) is 0 Å². The van der Waals surface area contributed by atoms with E-state index in [-0.39, 0.29) is 6.10 Å². The molecule has 1 fully saturated rings. The van der Waals surface area contributed by atoms with Gasteiger partial charge in [-0.1, -0.05) is 36.9 Å². The SMILES string of the molecule is C=C1OC(C)(C)O[C@H]1c1ccccc1. The van der Waals surface area contributed by atoms with Gasteiger partial charge in [-0.25, -0.2) is 0 Å². The summed E-state index contributed by atoms with van der Waals surface area (Å²) in [6.07, 6.45) is -0.133. The van der Waals surface area contributed by atoms with E-state index in [1.807, 2.05) is 44.2 Å². The second-order valence-corrected chi connectivity index (χ2v) is 3.88. The van der Waals surface area contributed by atoms with E-state index in [0.717, 1.165) is 5.56 Å². The first-order valence-corrected chi connectivity index (χ1v) is 4.69. The summed E-state index contributed by atoms with van der Waals surface area (Å²) >= 11 is 0.